The molecule has 0 atom stereocenters. The van der Waals surface area contributed by atoms with Crippen molar-refractivity contribution in [3.63, 3.8) is 0 Å². The molecular weight excluding hydrogens is 249 g/mol. The first-order chi connectivity index (χ1) is 9.08. The van der Waals surface area contributed by atoms with Crippen LogP contribution in [-0.4, -0.2) is 50.4 Å². The Bertz CT molecular complexity index is 499. The van der Waals surface area contributed by atoms with Crippen LogP contribution in [0.15, 0.2) is 24.3 Å². The van der Waals surface area contributed by atoms with Gasteiger partial charge in [0.1, 0.15) is 6.29 Å². The predicted molar refractivity (Wildman–Crippen MR) is 66.9 cm³/mol. The fraction of sp³-hybridized carbons (Fsp3) is 0.250. The van der Waals surface area contributed by atoms with E-state index in [9.17, 15) is 14.4 Å². The number of aldehydes is 1. The quantitative estimate of drug-likeness (QED) is 0.514. The van der Waals surface area contributed by atoms with Gasteiger partial charge in [0, 0.05) is 11.0 Å². The van der Waals surface area contributed by atoms with Crippen LogP contribution in [0, 0.1) is 0 Å². The molecule has 1 aromatic rings. The van der Waals surface area contributed by atoms with E-state index < -0.39 is 19.1 Å². The molecule has 1 aliphatic rings. The minimum atomic E-state index is -1.10. The molecule has 6 nitrogen and oxygen atoms in total. The molecule has 0 saturated carbocycles. The molecule has 0 bridgehead atoms. The minimum Gasteiger partial charge on any atom is -0.494 e. The number of benzene rings is 1. The maximum Gasteiger partial charge on any atom is 0.636 e. The van der Waals surface area contributed by atoms with Crippen molar-refractivity contribution >= 4 is 30.8 Å². The summed E-state index contributed by atoms with van der Waals surface area (Å²) in [6.07, 6.45) is 0.670. The Morgan fingerprint density at radius 1 is 1.21 bits per heavy atom. The molecule has 1 heterocycles. The second-order valence-corrected chi connectivity index (χ2v) is 4.27. The summed E-state index contributed by atoms with van der Waals surface area (Å²) in [7, 11) is 0.518. The third-order valence-corrected chi connectivity index (χ3v) is 2.59. The van der Waals surface area contributed by atoms with E-state index in [4.69, 9.17) is 9.31 Å². The number of rotatable bonds is 2. The molecule has 1 aromatic carbocycles. The average molecular weight is 261 g/mol. The van der Waals surface area contributed by atoms with Crippen molar-refractivity contribution < 1.29 is 23.7 Å². The third kappa shape index (κ3) is 3.41. The number of carbonyl (C=O) groups excluding carboxylic acids is 3. The summed E-state index contributed by atoms with van der Waals surface area (Å²) in [6.45, 7) is 0.0257. The predicted octanol–water partition coefficient (Wildman–Crippen LogP) is -0.774. The smallest absolute Gasteiger partial charge is 0.494 e. The Hall–Kier alpha value is -2.15. The molecule has 0 amide bonds. The zero-order chi connectivity index (χ0) is 13.8. The number of nitrogens with zero attached hydrogens (tertiary/aromatic N) is 1. The third-order valence-electron chi connectivity index (χ3n) is 2.59. The lowest BCUT2D eigenvalue weighted by molar-refractivity contribution is -0.145. The van der Waals surface area contributed by atoms with E-state index in [-0.39, 0.29) is 13.1 Å². The van der Waals surface area contributed by atoms with Crippen molar-refractivity contribution in [2.45, 2.75) is 0 Å². The molecule has 0 N–H and O–H groups in total. The lowest BCUT2D eigenvalue weighted by Gasteiger charge is -2.22. The molecular formula is C12H12BNO5. The molecule has 1 saturated heterocycles. The Labute approximate surface area is 110 Å². The topological polar surface area (TPSA) is 72.9 Å². The van der Waals surface area contributed by atoms with E-state index >= 15 is 0 Å². The second-order valence-electron chi connectivity index (χ2n) is 4.27. The maximum absolute atomic E-state index is 11.6. The maximum atomic E-state index is 11.6. The standard InChI is InChI=1S/C12H12BNO5/c1-14-6-11(16)18-13(19-12(17)7-14)10-4-2-3-9(5-10)8-15/h2-5,8H,6-7H2,1H3. The van der Waals surface area contributed by atoms with Gasteiger partial charge in [0.2, 0.25) is 0 Å². The largest absolute Gasteiger partial charge is 0.636 e. The summed E-state index contributed by atoms with van der Waals surface area (Å²) in [6, 6.07) is 6.38. The molecule has 1 aliphatic heterocycles. The summed E-state index contributed by atoms with van der Waals surface area (Å²) in [5, 5.41) is 0. The number of hydrogen-bond donors (Lipinski definition) is 0. The first-order valence-corrected chi connectivity index (χ1v) is 5.71. The lowest BCUT2D eigenvalue weighted by atomic mass is 9.78. The lowest BCUT2D eigenvalue weighted by Crippen LogP contribution is -2.47. The number of hydrogen-bond acceptors (Lipinski definition) is 6. The molecule has 0 spiro atoms. The highest BCUT2D eigenvalue weighted by Crippen LogP contribution is 2.02. The molecule has 2 rings (SSSR count). The number of carbonyl (C=O) groups is 3. The summed E-state index contributed by atoms with van der Waals surface area (Å²) in [4.78, 5) is 35.3. The van der Waals surface area contributed by atoms with Crippen LogP contribution in [0.4, 0.5) is 0 Å². The molecule has 19 heavy (non-hydrogen) atoms. The highest BCUT2D eigenvalue weighted by atomic mass is 16.6. The van der Waals surface area contributed by atoms with E-state index in [0.717, 1.165) is 0 Å². The zero-order valence-corrected chi connectivity index (χ0v) is 10.4. The zero-order valence-electron chi connectivity index (χ0n) is 10.4. The van der Waals surface area contributed by atoms with Gasteiger partial charge in [-0.2, -0.15) is 0 Å². The molecule has 98 valence electrons. The van der Waals surface area contributed by atoms with Crippen LogP contribution in [0.1, 0.15) is 10.4 Å². The van der Waals surface area contributed by atoms with Crippen LogP contribution in [0.5, 0.6) is 0 Å². The monoisotopic (exact) mass is 261 g/mol. The first kappa shape index (κ1) is 13.3. The van der Waals surface area contributed by atoms with Crippen LogP contribution in [0.2, 0.25) is 0 Å². The number of likely N-dealkylation sites (N-methyl/N-ethyl adjacent to an activating group) is 1. The van der Waals surface area contributed by atoms with Gasteiger partial charge < -0.3 is 9.31 Å². The Morgan fingerprint density at radius 3 is 2.42 bits per heavy atom. The Kier molecular flexibility index (Phi) is 3.96. The van der Waals surface area contributed by atoms with Crippen molar-refractivity contribution in [3.05, 3.63) is 29.8 Å². The second kappa shape index (κ2) is 5.66. The van der Waals surface area contributed by atoms with Gasteiger partial charge in [-0.05, 0) is 13.1 Å². The summed E-state index contributed by atoms with van der Waals surface area (Å²) < 4.78 is 10.2. The average Bonchev–Trinajstić information content (AvgIpc) is 2.36. The molecule has 0 aromatic heterocycles. The van der Waals surface area contributed by atoms with Gasteiger partial charge >= 0.3 is 19.1 Å². The highest BCUT2D eigenvalue weighted by molar-refractivity contribution is 6.64. The first-order valence-electron chi connectivity index (χ1n) is 5.71. The van der Waals surface area contributed by atoms with E-state index in [0.29, 0.717) is 17.3 Å². The molecule has 0 aliphatic carbocycles. The van der Waals surface area contributed by atoms with Crippen molar-refractivity contribution in [2.75, 3.05) is 20.1 Å². The van der Waals surface area contributed by atoms with Gasteiger partial charge in [0.05, 0.1) is 13.1 Å². The normalized spacial score (nSPS) is 17.2. The Morgan fingerprint density at radius 2 is 1.84 bits per heavy atom. The van der Waals surface area contributed by atoms with E-state index in [2.05, 4.69) is 0 Å². The van der Waals surface area contributed by atoms with Gasteiger partial charge in [-0.25, -0.2) is 0 Å². The van der Waals surface area contributed by atoms with Crippen molar-refractivity contribution in [2.24, 2.45) is 0 Å². The van der Waals surface area contributed by atoms with Crippen molar-refractivity contribution in [3.8, 4) is 0 Å². The van der Waals surface area contributed by atoms with E-state index in [1.165, 1.54) is 11.0 Å². The van der Waals surface area contributed by atoms with Crippen LogP contribution in [0.25, 0.3) is 0 Å². The van der Waals surface area contributed by atoms with Gasteiger partial charge in [-0.1, -0.05) is 18.2 Å². The van der Waals surface area contributed by atoms with Crippen molar-refractivity contribution in [1.29, 1.82) is 0 Å². The Balaban J connectivity index is 2.23. The van der Waals surface area contributed by atoms with Crippen LogP contribution < -0.4 is 5.46 Å². The summed E-state index contributed by atoms with van der Waals surface area (Å²) in [5.74, 6) is -0.979. The fourth-order valence-electron chi connectivity index (χ4n) is 1.75. The van der Waals surface area contributed by atoms with Crippen molar-refractivity contribution in [1.82, 2.24) is 4.90 Å². The molecule has 0 radical (unpaired) electrons. The van der Waals surface area contributed by atoms with E-state index in [1.54, 1.807) is 25.2 Å². The fourth-order valence-corrected chi connectivity index (χ4v) is 1.75. The SMILES string of the molecule is CN1CC(=O)OB(c2cccc(C=O)c2)OC(=O)C1. The van der Waals surface area contributed by atoms with Crippen LogP contribution in [-0.2, 0) is 18.9 Å². The molecule has 7 heteroatoms. The minimum absolute atomic E-state index is 0.0129. The van der Waals surface area contributed by atoms with Crippen LogP contribution >= 0.6 is 0 Å². The van der Waals surface area contributed by atoms with Gasteiger partial charge in [0.25, 0.3) is 0 Å². The summed E-state index contributed by atoms with van der Waals surface area (Å²) in [5.41, 5.74) is 0.875. The highest BCUT2D eigenvalue weighted by Gasteiger charge is 2.33. The van der Waals surface area contributed by atoms with Gasteiger partial charge in [-0.15, -0.1) is 0 Å². The molecule has 0 unspecified atom stereocenters. The summed E-state index contributed by atoms with van der Waals surface area (Å²) >= 11 is 0. The van der Waals surface area contributed by atoms with Gasteiger partial charge in [-0.3, -0.25) is 19.3 Å². The van der Waals surface area contributed by atoms with E-state index in [1.807, 2.05) is 0 Å². The van der Waals surface area contributed by atoms with Gasteiger partial charge in [0.15, 0.2) is 0 Å². The van der Waals surface area contributed by atoms with Crippen LogP contribution in [0.3, 0.4) is 0 Å². The molecule has 1 fully saturated rings.